The van der Waals surface area contributed by atoms with E-state index in [1.54, 1.807) is 4.68 Å². The molecule has 154 valence electrons. The minimum Gasteiger partial charge on any atom is -0.368 e. The molecule has 1 saturated heterocycles. The van der Waals surface area contributed by atoms with Crippen molar-refractivity contribution in [2.45, 2.75) is 0 Å². The highest BCUT2D eigenvalue weighted by atomic mass is 16.2. The SMILES string of the molecule is O=C(c1cn(-c2ccccc2)nc1-c1ccccc1)N1CCN(c2cc[nH+]cc2)CC1. The second-order valence-corrected chi connectivity index (χ2v) is 7.57. The first-order chi connectivity index (χ1) is 15.3. The maximum atomic E-state index is 13.5. The second kappa shape index (κ2) is 8.44. The number of H-pyrrole nitrogens is 1. The van der Waals surface area contributed by atoms with Crippen molar-refractivity contribution in [3.63, 3.8) is 0 Å². The van der Waals surface area contributed by atoms with E-state index in [1.165, 1.54) is 5.69 Å². The van der Waals surface area contributed by atoms with E-state index < -0.39 is 0 Å². The lowest BCUT2D eigenvalue weighted by Crippen LogP contribution is -2.48. The summed E-state index contributed by atoms with van der Waals surface area (Å²) in [5.74, 6) is 0.0297. The standard InChI is InChI=1S/C25H23N5O/c31-25(29-17-15-28(16-18-29)21-11-13-26-14-12-21)23-19-30(22-9-5-2-6-10-22)27-24(23)20-7-3-1-4-8-20/h1-14,19H,15-18H2/p+1. The normalized spacial score (nSPS) is 13.9. The van der Waals surface area contributed by atoms with Crippen LogP contribution in [0.15, 0.2) is 91.4 Å². The number of nitrogens with zero attached hydrogens (tertiary/aromatic N) is 4. The minimum atomic E-state index is 0.0297. The Kier molecular flexibility index (Phi) is 5.19. The molecule has 0 aliphatic carbocycles. The van der Waals surface area contributed by atoms with Crippen LogP contribution in [0, 0.1) is 0 Å². The number of benzene rings is 2. The van der Waals surface area contributed by atoms with Crippen LogP contribution in [0.4, 0.5) is 5.69 Å². The molecule has 3 heterocycles. The first-order valence-electron chi connectivity index (χ1n) is 10.5. The summed E-state index contributed by atoms with van der Waals surface area (Å²) in [4.78, 5) is 20.8. The quantitative estimate of drug-likeness (QED) is 0.519. The number of amides is 1. The molecule has 6 nitrogen and oxygen atoms in total. The summed E-state index contributed by atoms with van der Waals surface area (Å²) >= 11 is 0. The number of pyridine rings is 1. The Bertz CT molecular complexity index is 1150. The molecule has 0 radical (unpaired) electrons. The van der Waals surface area contributed by atoms with Crippen LogP contribution in [0.1, 0.15) is 10.4 Å². The fraction of sp³-hybridized carbons (Fsp3) is 0.160. The Morgan fingerprint density at radius 1 is 0.774 bits per heavy atom. The molecule has 31 heavy (non-hydrogen) atoms. The molecule has 0 bridgehead atoms. The van der Waals surface area contributed by atoms with Gasteiger partial charge in [0.15, 0.2) is 12.4 Å². The van der Waals surface area contributed by atoms with Crippen molar-refractivity contribution >= 4 is 11.6 Å². The Balaban J connectivity index is 1.42. The van der Waals surface area contributed by atoms with Gasteiger partial charge in [-0.3, -0.25) is 4.79 Å². The molecule has 1 aliphatic rings. The Morgan fingerprint density at radius 2 is 1.42 bits per heavy atom. The lowest BCUT2D eigenvalue weighted by Gasteiger charge is -2.35. The maximum Gasteiger partial charge on any atom is 0.257 e. The Morgan fingerprint density at radius 3 is 2.10 bits per heavy atom. The Hall–Kier alpha value is -3.93. The molecule has 1 fully saturated rings. The highest BCUT2D eigenvalue weighted by Crippen LogP contribution is 2.25. The van der Waals surface area contributed by atoms with Crippen LogP contribution >= 0.6 is 0 Å². The maximum absolute atomic E-state index is 13.5. The van der Waals surface area contributed by atoms with Crippen LogP contribution in [0.2, 0.25) is 0 Å². The third-order valence-electron chi connectivity index (χ3n) is 5.65. The van der Waals surface area contributed by atoms with Crippen LogP contribution in [0.3, 0.4) is 0 Å². The van der Waals surface area contributed by atoms with Gasteiger partial charge in [0, 0.05) is 55.8 Å². The zero-order valence-electron chi connectivity index (χ0n) is 17.2. The lowest BCUT2D eigenvalue weighted by molar-refractivity contribution is -0.377. The zero-order valence-corrected chi connectivity index (χ0v) is 17.2. The number of carbonyl (C=O) groups is 1. The van der Waals surface area contributed by atoms with Gasteiger partial charge < -0.3 is 9.80 Å². The van der Waals surface area contributed by atoms with Crippen molar-refractivity contribution < 1.29 is 9.78 Å². The van der Waals surface area contributed by atoms with Gasteiger partial charge in [-0.2, -0.15) is 5.10 Å². The Labute approximate surface area is 181 Å². The van der Waals surface area contributed by atoms with E-state index in [0.29, 0.717) is 18.7 Å². The number of hydrogen-bond donors (Lipinski definition) is 0. The summed E-state index contributed by atoms with van der Waals surface area (Å²) in [6.45, 7) is 2.98. The van der Waals surface area contributed by atoms with E-state index >= 15 is 0 Å². The van der Waals surface area contributed by atoms with Gasteiger partial charge in [0.2, 0.25) is 0 Å². The molecule has 2 aromatic carbocycles. The summed E-state index contributed by atoms with van der Waals surface area (Å²) in [6.07, 6.45) is 5.72. The van der Waals surface area contributed by atoms with Gasteiger partial charge in [-0.05, 0) is 12.1 Å². The molecule has 1 N–H and O–H groups in total. The molecule has 2 aromatic heterocycles. The van der Waals surface area contributed by atoms with Crippen molar-refractivity contribution in [2.75, 3.05) is 31.1 Å². The average Bonchev–Trinajstić information content (AvgIpc) is 3.31. The first-order valence-corrected chi connectivity index (χ1v) is 10.5. The summed E-state index contributed by atoms with van der Waals surface area (Å²) in [5.41, 5.74) is 4.41. The number of aromatic amines is 1. The van der Waals surface area contributed by atoms with E-state index in [9.17, 15) is 4.79 Å². The van der Waals surface area contributed by atoms with E-state index in [-0.39, 0.29) is 5.91 Å². The van der Waals surface area contributed by atoms with Gasteiger partial charge in [0.25, 0.3) is 5.91 Å². The van der Waals surface area contributed by atoms with E-state index in [2.05, 4.69) is 22.0 Å². The summed E-state index contributed by atoms with van der Waals surface area (Å²) in [5, 5.41) is 4.78. The van der Waals surface area contributed by atoms with Crippen molar-refractivity contribution in [3.05, 3.63) is 97.0 Å². The average molecular weight is 411 g/mol. The van der Waals surface area contributed by atoms with Gasteiger partial charge in [-0.1, -0.05) is 48.5 Å². The monoisotopic (exact) mass is 410 g/mol. The second-order valence-electron chi connectivity index (χ2n) is 7.57. The topological polar surface area (TPSA) is 55.5 Å². The van der Waals surface area contributed by atoms with Gasteiger partial charge >= 0.3 is 0 Å². The predicted octanol–water partition coefficient (Wildman–Crippen LogP) is 3.32. The van der Waals surface area contributed by atoms with Crippen molar-refractivity contribution in [3.8, 4) is 16.9 Å². The van der Waals surface area contributed by atoms with Crippen LogP contribution in [-0.2, 0) is 0 Å². The molecule has 4 aromatic rings. The third-order valence-corrected chi connectivity index (χ3v) is 5.65. The molecule has 1 aliphatic heterocycles. The highest BCUT2D eigenvalue weighted by Gasteiger charge is 2.26. The molecular weight excluding hydrogens is 386 g/mol. The molecule has 0 spiro atoms. The van der Waals surface area contributed by atoms with Crippen LogP contribution in [0.5, 0.6) is 0 Å². The molecule has 1 amide bonds. The van der Waals surface area contributed by atoms with Crippen molar-refractivity contribution in [1.82, 2.24) is 14.7 Å². The summed E-state index contributed by atoms with van der Waals surface area (Å²) in [6, 6.07) is 24.0. The number of piperazine rings is 1. The van der Waals surface area contributed by atoms with Crippen LogP contribution in [0.25, 0.3) is 16.9 Å². The molecule has 6 heteroatoms. The molecule has 5 rings (SSSR count). The highest BCUT2D eigenvalue weighted by molar-refractivity contribution is 6.00. The number of nitrogens with one attached hydrogen (secondary N) is 1. The van der Waals surface area contributed by atoms with E-state index in [1.807, 2.05) is 84.2 Å². The molecular formula is C25H24N5O+. The molecule has 0 unspecified atom stereocenters. The molecule has 0 atom stereocenters. The number of rotatable bonds is 4. The van der Waals surface area contributed by atoms with Crippen molar-refractivity contribution in [1.29, 1.82) is 0 Å². The minimum absolute atomic E-state index is 0.0297. The number of aromatic nitrogens is 3. The summed E-state index contributed by atoms with van der Waals surface area (Å²) < 4.78 is 1.80. The fourth-order valence-corrected chi connectivity index (χ4v) is 3.98. The van der Waals surface area contributed by atoms with Gasteiger partial charge in [-0.15, -0.1) is 0 Å². The van der Waals surface area contributed by atoms with Gasteiger partial charge in [0.05, 0.1) is 11.3 Å². The summed E-state index contributed by atoms with van der Waals surface area (Å²) in [7, 11) is 0. The van der Waals surface area contributed by atoms with E-state index in [0.717, 1.165) is 30.0 Å². The van der Waals surface area contributed by atoms with Gasteiger partial charge in [0.1, 0.15) is 5.69 Å². The number of carbonyl (C=O) groups excluding carboxylic acids is 1. The zero-order chi connectivity index (χ0) is 21.0. The van der Waals surface area contributed by atoms with Crippen LogP contribution < -0.4 is 9.88 Å². The molecule has 0 saturated carbocycles. The largest absolute Gasteiger partial charge is 0.368 e. The lowest BCUT2D eigenvalue weighted by atomic mass is 10.1. The number of para-hydroxylation sites is 1. The predicted molar refractivity (Wildman–Crippen MR) is 120 cm³/mol. The van der Waals surface area contributed by atoms with Gasteiger partial charge in [-0.25, -0.2) is 9.67 Å². The van der Waals surface area contributed by atoms with Crippen LogP contribution in [-0.4, -0.2) is 46.8 Å². The number of anilines is 1. The first kappa shape index (κ1) is 19.1. The van der Waals surface area contributed by atoms with Crippen molar-refractivity contribution in [2.24, 2.45) is 0 Å². The number of hydrogen-bond acceptors (Lipinski definition) is 3. The fourth-order valence-electron chi connectivity index (χ4n) is 3.98. The van der Waals surface area contributed by atoms with E-state index in [4.69, 9.17) is 5.10 Å². The smallest absolute Gasteiger partial charge is 0.257 e. The third kappa shape index (κ3) is 3.92.